The van der Waals surface area contributed by atoms with Gasteiger partial charge in [0, 0.05) is 79.5 Å². The lowest BCUT2D eigenvalue weighted by Crippen LogP contribution is -2.40. The quantitative estimate of drug-likeness (QED) is 0.326. The fraction of sp³-hybridized carbons (Fsp3) is 0.556. The van der Waals surface area contributed by atoms with Crippen LogP contribution in [0.15, 0.2) is 30.3 Å². The largest absolute Gasteiger partial charge is 0.482 e. The zero-order valence-corrected chi connectivity index (χ0v) is 27.4. The number of carbonyl (C=O) groups is 2. The summed E-state index contributed by atoms with van der Waals surface area (Å²) in [5, 5.41) is 1.09. The monoisotopic (exact) mass is 636 g/mol. The van der Waals surface area contributed by atoms with Gasteiger partial charge in [-0.15, -0.1) is 0 Å². The molecule has 4 saturated heterocycles. The molecule has 1 aliphatic carbocycles. The Labute approximate surface area is 274 Å². The Balaban J connectivity index is 1.07. The number of aromatic nitrogens is 4. The highest BCUT2D eigenvalue weighted by atomic mass is 16.5. The average Bonchev–Trinajstić information content (AvgIpc) is 3.69. The molecule has 2 N–H and O–H groups in total. The van der Waals surface area contributed by atoms with E-state index in [1.54, 1.807) is 7.11 Å². The summed E-state index contributed by atoms with van der Waals surface area (Å²) in [7, 11) is 1.65. The number of hydrogen-bond acceptors (Lipinski definition) is 6. The van der Waals surface area contributed by atoms with Crippen molar-refractivity contribution < 1.29 is 14.3 Å². The van der Waals surface area contributed by atoms with Crippen LogP contribution in [0.5, 0.6) is 5.88 Å². The van der Waals surface area contributed by atoms with Crippen LogP contribution in [0.1, 0.15) is 79.0 Å². The van der Waals surface area contributed by atoms with E-state index in [-0.39, 0.29) is 36.0 Å². The number of amides is 3. The molecule has 9 rings (SSSR count). The van der Waals surface area contributed by atoms with Crippen molar-refractivity contribution in [3.05, 3.63) is 47.3 Å². The molecule has 3 amide bonds. The summed E-state index contributed by atoms with van der Waals surface area (Å²) in [6.07, 6.45) is 8.46. The lowest BCUT2D eigenvalue weighted by molar-refractivity contribution is 0.0726. The standard InChI is InChI=1S/C36H44N8O3/c1-21-33(39-31-16-25(17-32(47-2)43(21)31)35(45)44-26-8-10-29(44)27(37)18-26)30-15-23-7-9-28(38-34(23)42(30)19-22-5-6-22)24-11-14-41(20-24)36(46)40-12-3-4-13-40/h7,9,15-17,22,24,26-27,29H,3-6,8,10-14,18-20,37H2,1-2H3/t24?,26-,27+,29+/m0/s1. The van der Waals surface area contributed by atoms with Gasteiger partial charge in [0.1, 0.15) is 17.0 Å². The van der Waals surface area contributed by atoms with E-state index in [9.17, 15) is 9.59 Å². The number of pyridine rings is 2. The van der Waals surface area contributed by atoms with Crippen LogP contribution in [0.3, 0.4) is 0 Å². The van der Waals surface area contributed by atoms with Crippen LogP contribution in [-0.4, -0.2) is 97.0 Å². The number of ether oxygens (including phenoxy) is 1. The van der Waals surface area contributed by atoms with Crippen LogP contribution in [0, 0.1) is 12.8 Å². The van der Waals surface area contributed by atoms with Crippen molar-refractivity contribution >= 4 is 28.6 Å². The maximum atomic E-state index is 13.8. The van der Waals surface area contributed by atoms with Gasteiger partial charge in [0.25, 0.3) is 5.91 Å². The SMILES string of the molecule is COc1cc(C(=O)N2[C@H]3CC[C@@H]2[C@H](N)C3)cc2nc(-c3cc4ccc(C5CCN(C(=O)N6CCCC6)C5)nc4n3CC3CC3)c(C)n12. The first-order chi connectivity index (χ1) is 22.9. The van der Waals surface area contributed by atoms with Crippen LogP contribution in [-0.2, 0) is 6.54 Å². The minimum atomic E-state index is 0.0145. The van der Waals surface area contributed by atoms with Crippen molar-refractivity contribution in [2.24, 2.45) is 11.7 Å². The molecule has 8 heterocycles. The summed E-state index contributed by atoms with van der Waals surface area (Å²) in [5.74, 6) is 1.47. The first kappa shape index (κ1) is 29.1. The number of fused-ring (bicyclic) bond motifs is 4. The summed E-state index contributed by atoms with van der Waals surface area (Å²) in [5.41, 5.74) is 12.6. The molecule has 0 radical (unpaired) electrons. The number of rotatable bonds is 6. The predicted molar refractivity (Wildman–Crippen MR) is 179 cm³/mol. The first-order valence-electron chi connectivity index (χ1n) is 17.6. The van der Waals surface area contributed by atoms with Gasteiger partial charge in [0.2, 0.25) is 0 Å². The highest BCUT2D eigenvalue weighted by molar-refractivity contribution is 5.97. The molecule has 4 atom stereocenters. The van der Waals surface area contributed by atoms with E-state index in [0.29, 0.717) is 23.0 Å². The Kier molecular flexibility index (Phi) is 6.78. The zero-order chi connectivity index (χ0) is 32.0. The smallest absolute Gasteiger partial charge is 0.320 e. The Morgan fingerprint density at radius 2 is 1.81 bits per heavy atom. The molecule has 0 aromatic carbocycles. The summed E-state index contributed by atoms with van der Waals surface area (Å²) in [6.45, 7) is 6.23. The molecule has 11 nitrogen and oxygen atoms in total. The van der Waals surface area contributed by atoms with Crippen LogP contribution in [0.2, 0.25) is 0 Å². The highest BCUT2D eigenvalue weighted by Gasteiger charge is 2.47. The molecule has 1 saturated carbocycles. The number of hydrogen-bond donors (Lipinski definition) is 1. The number of nitrogens with two attached hydrogens (primary N) is 1. The van der Waals surface area contributed by atoms with Crippen LogP contribution < -0.4 is 10.5 Å². The molecule has 4 aromatic heterocycles. The van der Waals surface area contributed by atoms with Gasteiger partial charge in [-0.1, -0.05) is 0 Å². The number of imidazole rings is 1. The fourth-order valence-electron chi connectivity index (χ4n) is 8.89. The third kappa shape index (κ3) is 4.71. The van der Waals surface area contributed by atoms with Crippen LogP contribution in [0.4, 0.5) is 4.79 Å². The van der Waals surface area contributed by atoms with Gasteiger partial charge in [0.15, 0.2) is 5.88 Å². The van der Waals surface area contributed by atoms with Crippen molar-refractivity contribution in [2.45, 2.75) is 88.9 Å². The van der Waals surface area contributed by atoms with Gasteiger partial charge in [-0.3, -0.25) is 9.20 Å². The molecule has 4 aromatic rings. The van der Waals surface area contributed by atoms with Gasteiger partial charge in [-0.05, 0) is 88.5 Å². The topological polar surface area (TPSA) is 114 Å². The minimum absolute atomic E-state index is 0.0145. The van der Waals surface area contributed by atoms with Gasteiger partial charge >= 0.3 is 6.03 Å². The summed E-state index contributed by atoms with van der Waals surface area (Å²) < 4.78 is 10.2. The van der Waals surface area contributed by atoms with E-state index >= 15 is 0 Å². The Morgan fingerprint density at radius 3 is 2.53 bits per heavy atom. The number of carbonyl (C=O) groups excluding carboxylic acids is 2. The third-order valence-corrected chi connectivity index (χ3v) is 11.6. The van der Waals surface area contributed by atoms with E-state index in [1.807, 2.05) is 31.2 Å². The predicted octanol–water partition coefficient (Wildman–Crippen LogP) is 4.79. The lowest BCUT2D eigenvalue weighted by atomic mass is 9.97. The maximum absolute atomic E-state index is 13.8. The molecule has 246 valence electrons. The van der Waals surface area contributed by atoms with Crippen molar-refractivity contribution in [3.63, 3.8) is 0 Å². The molecule has 4 aliphatic heterocycles. The third-order valence-electron chi connectivity index (χ3n) is 11.6. The first-order valence-corrected chi connectivity index (χ1v) is 17.6. The Bertz CT molecular complexity index is 1900. The molecule has 5 aliphatic rings. The Morgan fingerprint density at radius 1 is 0.979 bits per heavy atom. The van der Waals surface area contributed by atoms with Gasteiger partial charge in [-0.2, -0.15) is 0 Å². The van der Waals surface area contributed by atoms with Gasteiger partial charge in [0.05, 0.1) is 18.5 Å². The number of methoxy groups -OCH3 is 1. The van der Waals surface area contributed by atoms with E-state index < -0.39 is 0 Å². The molecule has 11 heteroatoms. The number of urea groups is 1. The lowest BCUT2D eigenvalue weighted by Gasteiger charge is -2.24. The van der Waals surface area contributed by atoms with E-state index in [2.05, 4.69) is 29.7 Å². The zero-order valence-electron chi connectivity index (χ0n) is 27.4. The molecule has 2 bridgehead atoms. The molecular weight excluding hydrogens is 592 g/mol. The van der Waals surface area contributed by atoms with Crippen molar-refractivity contribution in [2.75, 3.05) is 33.3 Å². The molecule has 1 unspecified atom stereocenters. The normalized spacial score (nSPS) is 25.6. The van der Waals surface area contributed by atoms with Gasteiger partial charge in [-0.25, -0.2) is 14.8 Å². The molecular formula is C36H44N8O3. The Hall–Kier alpha value is -4.12. The minimum Gasteiger partial charge on any atom is -0.482 e. The number of aryl methyl sites for hydroxylation is 1. The molecule has 5 fully saturated rings. The molecule has 0 spiro atoms. The van der Waals surface area contributed by atoms with Gasteiger partial charge < -0.3 is 29.7 Å². The molecule has 47 heavy (non-hydrogen) atoms. The second kappa shape index (κ2) is 11.0. The summed E-state index contributed by atoms with van der Waals surface area (Å²) in [6, 6.07) is 10.9. The second-order valence-corrected chi connectivity index (χ2v) is 14.6. The highest BCUT2D eigenvalue weighted by Crippen LogP contribution is 2.40. The average molecular weight is 637 g/mol. The van der Waals surface area contributed by atoms with Crippen LogP contribution in [0.25, 0.3) is 28.1 Å². The number of likely N-dealkylation sites (tertiary alicyclic amines) is 2. The fourth-order valence-corrected chi connectivity index (χ4v) is 8.89. The van der Waals surface area contributed by atoms with E-state index in [4.69, 9.17) is 20.4 Å². The van der Waals surface area contributed by atoms with Crippen LogP contribution >= 0.6 is 0 Å². The maximum Gasteiger partial charge on any atom is 0.320 e. The van der Waals surface area contributed by atoms with E-state index in [1.165, 1.54) is 12.8 Å². The number of nitrogens with zero attached hydrogens (tertiary/aromatic N) is 7. The van der Waals surface area contributed by atoms with Crippen molar-refractivity contribution in [3.8, 4) is 17.3 Å². The van der Waals surface area contributed by atoms with E-state index in [0.717, 1.165) is 105 Å². The van der Waals surface area contributed by atoms with Crippen molar-refractivity contribution in [1.29, 1.82) is 0 Å². The second-order valence-electron chi connectivity index (χ2n) is 14.6. The summed E-state index contributed by atoms with van der Waals surface area (Å²) >= 11 is 0. The van der Waals surface area contributed by atoms with Crippen molar-refractivity contribution in [1.82, 2.24) is 33.6 Å². The summed E-state index contributed by atoms with van der Waals surface area (Å²) in [4.78, 5) is 43.4.